The van der Waals surface area contributed by atoms with Crippen molar-refractivity contribution in [3.63, 3.8) is 0 Å². The number of ketones is 1. The predicted octanol–water partition coefficient (Wildman–Crippen LogP) is 1.45. The zero-order chi connectivity index (χ0) is 12.8. The van der Waals surface area contributed by atoms with Crippen molar-refractivity contribution in [3.8, 4) is 0 Å². The highest BCUT2D eigenvalue weighted by Crippen LogP contribution is 2.07. The Morgan fingerprint density at radius 3 is 2.38 bits per heavy atom. The number of nitrogens with one attached hydrogen (secondary N) is 1. The van der Waals surface area contributed by atoms with E-state index in [1.807, 2.05) is 0 Å². The van der Waals surface area contributed by atoms with Crippen molar-refractivity contribution in [2.75, 3.05) is 0 Å². The summed E-state index contributed by atoms with van der Waals surface area (Å²) in [5.74, 6) is -0.182. The van der Waals surface area contributed by atoms with E-state index < -0.39 is 17.7 Å². The Bertz CT molecular complexity index is 268. The molecule has 0 aliphatic heterocycles. The summed E-state index contributed by atoms with van der Waals surface area (Å²) in [5, 5.41) is 2.42. The normalized spacial score (nSPS) is 12.8. The van der Waals surface area contributed by atoms with Crippen LogP contribution in [-0.2, 0) is 14.3 Å². The van der Waals surface area contributed by atoms with Gasteiger partial charge in [0.25, 0.3) is 0 Å². The van der Waals surface area contributed by atoms with Crippen molar-refractivity contribution in [3.05, 3.63) is 0 Å². The lowest BCUT2D eigenvalue weighted by Crippen LogP contribution is -2.41. The van der Waals surface area contributed by atoms with Crippen LogP contribution >= 0.6 is 0 Å². The molecule has 0 heterocycles. The van der Waals surface area contributed by atoms with Crippen molar-refractivity contribution in [1.82, 2.24) is 5.32 Å². The van der Waals surface area contributed by atoms with E-state index in [0.717, 1.165) is 0 Å². The number of rotatable bonds is 5. The first-order chi connectivity index (χ1) is 7.26. The number of carbonyl (C=O) groups is 3. The van der Waals surface area contributed by atoms with Crippen molar-refractivity contribution >= 4 is 18.2 Å². The maximum Gasteiger partial charge on any atom is 0.408 e. The molecule has 0 rings (SSSR count). The molecular formula is C11H19NO4. The molecule has 0 bridgehead atoms. The van der Waals surface area contributed by atoms with Gasteiger partial charge in [-0.2, -0.15) is 0 Å². The van der Waals surface area contributed by atoms with Gasteiger partial charge in [-0.3, -0.25) is 4.79 Å². The number of carbonyl (C=O) groups excluding carboxylic acids is 3. The molecule has 16 heavy (non-hydrogen) atoms. The fourth-order valence-electron chi connectivity index (χ4n) is 0.983. The Balaban J connectivity index is 4.04. The number of alkyl carbamates (subject to hydrolysis) is 1. The summed E-state index contributed by atoms with van der Waals surface area (Å²) >= 11 is 0. The van der Waals surface area contributed by atoms with Gasteiger partial charge in [-0.15, -0.1) is 0 Å². The zero-order valence-electron chi connectivity index (χ0n) is 10.2. The summed E-state index contributed by atoms with van der Waals surface area (Å²) < 4.78 is 4.99. The fraction of sp³-hybridized carbons (Fsp3) is 0.727. The second kappa shape index (κ2) is 6.25. The molecule has 0 unspecified atom stereocenters. The molecule has 0 saturated heterocycles. The highest BCUT2D eigenvalue weighted by atomic mass is 16.6. The number of hydrogen-bond donors (Lipinski definition) is 1. The van der Waals surface area contributed by atoms with Gasteiger partial charge in [0.2, 0.25) is 0 Å². The van der Waals surface area contributed by atoms with Crippen LogP contribution in [0.5, 0.6) is 0 Å². The van der Waals surface area contributed by atoms with E-state index >= 15 is 0 Å². The van der Waals surface area contributed by atoms with Gasteiger partial charge in [-0.05, 0) is 27.7 Å². The third-order valence-corrected chi connectivity index (χ3v) is 1.72. The Kier molecular flexibility index (Phi) is 5.71. The lowest BCUT2D eigenvalue weighted by molar-refractivity contribution is -0.122. The molecule has 0 aliphatic carbocycles. The summed E-state index contributed by atoms with van der Waals surface area (Å²) in [4.78, 5) is 32.7. The van der Waals surface area contributed by atoms with E-state index in [-0.39, 0.29) is 18.6 Å². The van der Waals surface area contributed by atoms with E-state index in [1.54, 1.807) is 27.7 Å². The molecule has 0 aromatic carbocycles. The maximum atomic E-state index is 11.4. The van der Waals surface area contributed by atoms with Gasteiger partial charge in [0.05, 0.1) is 6.04 Å². The number of Topliss-reactive ketones (excluding diaryl/α,β-unsaturated/α-hetero) is 1. The van der Waals surface area contributed by atoms with Gasteiger partial charge >= 0.3 is 6.09 Å². The van der Waals surface area contributed by atoms with Crippen LogP contribution in [0.1, 0.15) is 40.5 Å². The van der Waals surface area contributed by atoms with Crippen LogP contribution in [0.4, 0.5) is 4.79 Å². The number of amides is 1. The average molecular weight is 229 g/mol. The molecule has 5 nitrogen and oxygen atoms in total. The van der Waals surface area contributed by atoms with Crippen LogP contribution < -0.4 is 5.32 Å². The number of ether oxygens (including phenoxy) is 1. The number of hydrogen-bond acceptors (Lipinski definition) is 4. The second-order valence-corrected chi connectivity index (χ2v) is 4.54. The average Bonchev–Trinajstić information content (AvgIpc) is 2.10. The largest absolute Gasteiger partial charge is 0.444 e. The molecule has 0 fully saturated rings. The molecule has 1 atom stereocenters. The van der Waals surface area contributed by atoms with Crippen LogP contribution in [0.15, 0.2) is 0 Å². The molecule has 92 valence electrons. The summed E-state index contributed by atoms with van der Waals surface area (Å²) in [6, 6.07) is -0.630. The highest BCUT2D eigenvalue weighted by Gasteiger charge is 2.20. The van der Waals surface area contributed by atoms with Crippen molar-refractivity contribution in [1.29, 1.82) is 0 Å². The molecule has 1 amide bonds. The molecule has 0 aliphatic rings. The zero-order valence-corrected chi connectivity index (χ0v) is 10.2. The molecule has 0 radical (unpaired) electrons. The quantitative estimate of drug-likeness (QED) is 0.724. The Labute approximate surface area is 95.5 Å². The first-order valence-electron chi connectivity index (χ1n) is 5.22. The fourth-order valence-corrected chi connectivity index (χ4v) is 0.983. The first kappa shape index (κ1) is 14.6. The third kappa shape index (κ3) is 6.98. The lowest BCUT2D eigenvalue weighted by atomic mass is 10.1. The van der Waals surface area contributed by atoms with Crippen LogP contribution in [0.3, 0.4) is 0 Å². The second-order valence-electron chi connectivity index (χ2n) is 4.54. The van der Waals surface area contributed by atoms with Gasteiger partial charge in [0.1, 0.15) is 11.9 Å². The lowest BCUT2D eigenvalue weighted by Gasteiger charge is -2.21. The van der Waals surface area contributed by atoms with Crippen LogP contribution in [0.2, 0.25) is 0 Å². The monoisotopic (exact) mass is 229 g/mol. The molecular weight excluding hydrogens is 210 g/mol. The van der Waals surface area contributed by atoms with Gasteiger partial charge in [-0.1, -0.05) is 0 Å². The van der Waals surface area contributed by atoms with E-state index in [4.69, 9.17) is 4.74 Å². The van der Waals surface area contributed by atoms with E-state index in [2.05, 4.69) is 5.32 Å². The predicted molar refractivity (Wildman–Crippen MR) is 59.1 cm³/mol. The Morgan fingerprint density at radius 1 is 1.38 bits per heavy atom. The smallest absolute Gasteiger partial charge is 0.408 e. The van der Waals surface area contributed by atoms with Crippen molar-refractivity contribution in [2.45, 2.75) is 52.2 Å². The van der Waals surface area contributed by atoms with Crippen molar-refractivity contribution < 1.29 is 19.1 Å². The molecule has 0 saturated carbocycles. The van der Waals surface area contributed by atoms with Gasteiger partial charge in [0.15, 0.2) is 5.78 Å². The Hall–Kier alpha value is -1.39. The van der Waals surface area contributed by atoms with Gasteiger partial charge < -0.3 is 14.8 Å². The van der Waals surface area contributed by atoms with Gasteiger partial charge in [-0.25, -0.2) is 4.79 Å². The van der Waals surface area contributed by atoms with E-state index in [1.165, 1.54) is 0 Å². The summed E-state index contributed by atoms with van der Waals surface area (Å²) in [6.45, 7) is 6.79. The standard InChI is InChI=1S/C11H19NO4/c1-8(9(14)6-5-7-13)12-10(15)16-11(2,3)4/h7-8H,5-6H2,1-4H3,(H,12,15)/t8-/m1/s1. The third-order valence-electron chi connectivity index (χ3n) is 1.72. The Morgan fingerprint density at radius 2 is 1.94 bits per heavy atom. The van der Waals surface area contributed by atoms with Crippen LogP contribution in [0.25, 0.3) is 0 Å². The summed E-state index contributed by atoms with van der Waals surface area (Å²) in [6.07, 6.45) is 0.372. The minimum absolute atomic E-state index is 0.139. The topological polar surface area (TPSA) is 72.5 Å². The van der Waals surface area contributed by atoms with Crippen LogP contribution in [0, 0.1) is 0 Å². The minimum Gasteiger partial charge on any atom is -0.444 e. The molecule has 0 aromatic rings. The first-order valence-corrected chi connectivity index (χ1v) is 5.22. The minimum atomic E-state index is -0.630. The molecule has 1 N–H and O–H groups in total. The SMILES string of the molecule is C[C@@H](NC(=O)OC(C)(C)C)C(=O)CCC=O. The summed E-state index contributed by atoms with van der Waals surface area (Å²) in [5.41, 5.74) is -0.588. The van der Waals surface area contributed by atoms with Gasteiger partial charge in [0, 0.05) is 12.8 Å². The molecule has 0 spiro atoms. The van der Waals surface area contributed by atoms with E-state index in [9.17, 15) is 14.4 Å². The van der Waals surface area contributed by atoms with E-state index in [0.29, 0.717) is 6.29 Å². The molecule has 5 heteroatoms. The highest BCUT2D eigenvalue weighted by molar-refractivity contribution is 5.88. The van der Waals surface area contributed by atoms with Crippen molar-refractivity contribution in [2.24, 2.45) is 0 Å². The van der Waals surface area contributed by atoms with Crippen LogP contribution in [-0.4, -0.2) is 29.8 Å². The molecule has 0 aromatic heterocycles. The summed E-state index contributed by atoms with van der Waals surface area (Å²) in [7, 11) is 0. The number of aldehydes is 1. The maximum absolute atomic E-state index is 11.4.